The molecule has 0 aliphatic heterocycles. The van der Waals surface area contributed by atoms with Crippen LogP contribution in [0.1, 0.15) is 18.2 Å². The largest absolute Gasteiger partial charge is 0.252 e. The first-order chi connectivity index (χ1) is 7.02. The number of hydrogen-bond donors (Lipinski definition) is 0. The van der Waals surface area contributed by atoms with Crippen LogP contribution in [0.4, 0.5) is 0 Å². The zero-order chi connectivity index (χ0) is 11.5. The molecule has 1 heterocycles. The van der Waals surface area contributed by atoms with Crippen LogP contribution in [0.15, 0.2) is 16.3 Å². The minimum atomic E-state index is -3.39. The van der Waals surface area contributed by atoms with Gasteiger partial charge < -0.3 is 0 Å². The lowest BCUT2D eigenvalue weighted by atomic mass is 10.5. The van der Waals surface area contributed by atoms with Crippen molar-refractivity contribution in [2.24, 2.45) is 0 Å². The van der Waals surface area contributed by atoms with Gasteiger partial charge in [0.1, 0.15) is 15.2 Å². The van der Waals surface area contributed by atoms with E-state index in [9.17, 15) is 8.42 Å². The standard InChI is InChI=1S/C9H12N2O2S2/c1-3-6-11(2)15(12,13)9-5-4-8(7-10)14-9/h4-5H,3,6H2,1-2H3. The number of nitriles is 1. The summed E-state index contributed by atoms with van der Waals surface area (Å²) in [5.74, 6) is 0. The molecule has 0 unspecified atom stereocenters. The monoisotopic (exact) mass is 244 g/mol. The fraction of sp³-hybridized carbons (Fsp3) is 0.444. The van der Waals surface area contributed by atoms with E-state index in [0.717, 1.165) is 17.8 Å². The first kappa shape index (κ1) is 12.2. The highest BCUT2D eigenvalue weighted by Gasteiger charge is 2.21. The van der Waals surface area contributed by atoms with Gasteiger partial charge in [0.25, 0.3) is 10.0 Å². The maximum absolute atomic E-state index is 11.9. The van der Waals surface area contributed by atoms with Crippen LogP contribution in [0.2, 0.25) is 0 Å². The molecule has 1 rings (SSSR count). The molecular formula is C9H12N2O2S2. The third-order valence-corrected chi connectivity index (χ3v) is 5.21. The van der Waals surface area contributed by atoms with Gasteiger partial charge in [-0.2, -0.15) is 5.26 Å². The third kappa shape index (κ3) is 2.56. The Morgan fingerprint density at radius 1 is 1.53 bits per heavy atom. The fourth-order valence-corrected chi connectivity index (χ4v) is 3.68. The van der Waals surface area contributed by atoms with Crippen molar-refractivity contribution in [2.45, 2.75) is 17.6 Å². The summed E-state index contributed by atoms with van der Waals surface area (Å²) in [6, 6.07) is 4.93. The second-order valence-corrected chi connectivity index (χ2v) is 6.41. The number of thiophene rings is 1. The van der Waals surface area contributed by atoms with Gasteiger partial charge in [0.05, 0.1) is 0 Å². The van der Waals surface area contributed by atoms with Crippen molar-refractivity contribution >= 4 is 21.4 Å². The second kappa shape index (κ2) is 4.75. The smallest absolute Gasteiger partial charge is 0.206 e. The van der Waals surface area contributed by atoms with Gasteiger partial charge in [-0.3, -0.25) is 0 Å². The average Bonchev–Trinajstić information content (AvgIpc) is 2.66. The van der Waals surface area contributed by atoms with Crippen LogP contribution >= 0.6 is 11.3 Å². The molecule has 0 aromatic carbocycles. The number of sulfonamides is 1. The van der Waals surface area contributed by atoms with Gasteiger partial charge in [-0.1, -0.05) is 6.92 Å². The summed E-state index contributed by atoms with van der Waals surface area (Å²) < 4.78 is 25.3. The molecule has 1 aromatic rings. The molecule has 0 amide bonds. The van der Waals surface area contributed by atoms with Crippen molar-refractivity contribution in [3.8, 4) is 6.07 Å². The fourth-order valence-electron chi connectivity index (χ4n) is 1.11. The highest BCUT2D eigenvalue weighted by atomic mass is 32.2. The van der Waals surface area contributed by atoms with Gasteiger partial charge in [0, 0.05) is 13.6 Å². The lowest BCUT2D eigenvalue weighted by molar-refractivity contribution is 0.470. The van der Waals surface area contributed by atoms with E-state index in [0.29, 0.717) is 11.4 Å². The second-order valence-electron chi connectivity index (χ2n) is 3.06. The topological polar surface area (TPSA) is 61.2 Å². The van der Waals surface area contributed by atoms with Crippen molar-refractivity contribution < 1.29 is 8.42 Å². The zero-order valence-corrected chi connectivity index (χ0v) is 10.2. The van der Waals surface area contributed by atoms with Crippen LogP contribution in [0.3, 0.4) is 0 Å². The van der Waals surface area contributed by atoms with E-state index in [1.54, 1.807) is 7.05 Å². The van der Waals surface area contributed by atoms with Gasteiger partial charge in [-0.15, -0.1) is 11.3 Å². The number of nitrogens with zero attached hydrogens (tertiary/aromatic N) is 2. The summed E-state index contributed by atoms with van der Waals surface area (Å²) in [6.45, 7) is 2.41. The summed E-state index contributed by atoms with van der Waals surface area (Å²) in [5.41, 5.74) is 0. The quantitative estimate of drug-likeness (QED) is 0.809. The minimum Gasteiger partial charge on any atom is -0.206 e. The number of rotatable bonds is 4. The van der Waals surface area contributed by atoms with E-state index >= 15 is 0 Å². The van der Waals surface area contributed by atoms with Gasteiger partial charge >= 0.3 is 0 Å². The summed E-state index contributed by atoms with van der Waals surface area (Å²) in [4.78, 5) is 0.415. The summed E-state index contributed by atoms with van der Waals surface area (Å²) in [7, 11) is -1.84. The van der Waals surface area contributed by atoms with E-state index in [1.807, 2.05) is 13.0 Å². The highest BCUT2D eigenvalue weighted by Crippen LogP contribution is 2.23. The molecule has 0 saturated carbocycles. The lowest BCUT2D eigenvalue weighted by Crippen LogP contribution is -2.26. The van der Waals surface area contributed by atoms with Gasteiger partial charge in [0.15, 0.2) is 0 Å². The van der Waals surface area contributed by atoms with E-state index in [2.05, 4.69) is 0 Å². The Morgan fingerprint density at radius 2 is 2.20 bits per heavy atom. The molecule has 0 saturated heterocycles. The molecule has 0 aliphatic carbocycles. The predicted octanol–water partition coefficient (Wildman–Crippen LogP) is 1.65. The van der Waals surface area contributed by atoms with Crippen LogP contribution in [0.5, 0.6) is 0 Å². The molecule has 15 heavy (non-hydrogen) atoms. The molecule has 0 fully saturated rings. The molecule has 0 aliphatic rings. The molecule has 0 bridgehead atoms. The molecule has 82 valence electrons. The molecule has 0 atom stereocenters. The van der Waals surface area contributed by atoms with Crippen molar-refractivity contribution in [1.82, 2.24) is 4.31 Å². The third-order valence-electron chi connectivity index (χ3n) is 1.89. The summed E-state index contributed by atoms with van der Waals surface area (Å²) in [6.07, 6.45) is 0.770. The predicted molar refractivity (Wildman–Crippen MR) is 59.1 cm³/mol. The van der Waals surface area contributed by atoms with E-state index < -0.39 is 10.0 Å². The van der Waals surface area contributed by atoms with Crippen molar-refractivity contribution in [1.29, 1.82) is 5.26 Å². The maximum atomic E-state index is 11.9. The molecule has 0 radical (unpaired) electrons. The molecule has 0 N–H and O–H groups in total. The molecular weight excluding hydrogens is 232 g/mol. The van der Waals surface area contributed by atoms with E-state index in [-0.39, 0.29) is 4.21 Å². The van der Waals surface area contributed by atoms with Crippen LogP contribution in [0.25, 0.3) is 0 Å². The Balaban J connectivity index is 3.01. The van der Waals surface area contributed by atoms with Crippen LogP contribution in [0, 0.1) is 11.3 Å². The highest BCUT2D eigenvalue weighted by molar-refractivity contribution is 7.91. The minimum absolute atomic E-state index is 0.231. The number of hydrogen-bond acceptors (Lipinski definition) is 4. The maximum Gasteiger partial charge on any atom is 0.252 e. The van der Waals surface area contributed by atoms with E-state index in [4.69, 9.17) is 5.26 Å². The van der Waals surface area contributed by atoms with Crippen LogP contribution < -0.4 is 0 Å². The van der Waals surface area contributed by atoms with Crippen molar-refractivity contribution in [3.05, 3.63) is 17.0 Å². The Hall–Kier alpha value is -0.900. The molecule has 6 heteroatoms. The molecule has 0 spiro atoms. The lowest BCUT2D eigenvalue weighted by Gasteiger charge is -2.14. The Morgan fingerprint density at radius 3 is 2.67 bits per heavy atom. The van der Waals surface area contributed by atoms with Crippen molar-refractivity contribution in [3.63, 3.8) is 0 Å². The van der Waals surface area contributed by atoms with Gasteiger partial charge in [0.2, 0.25) is 0 Å². The molecule has 4 nitrogen and oxygen atoms in total. The van der Waals surface area contributed by atoms with Crippen LogP contribution in [-0.4, -0.2) is 26.3 Å². The summed E-state index contributed by atoms with van der Waals surface area (Å²) in [5, 5.41) is 8.61. The van der Waals surface area contributed by atoms with Gasteiger partial charge in [-0.25, -0.2) is 12.7 Å². The van der Waals surface area contributed by atoms with Crippen molar-refractivity contribution in [2.75, 3.05) is 13.6 Å². The summed E-state index contributed by atoms with van der Waals surface area (Å²) >= 11 is 1.00. The van der Waals surface area contributed by atoms with Crippen LogP contribution in [-0.2, 0) is 10.0 Å². The zero-order valence-electron chi connectivity index (χ0n) is 8.60. The first-order valence-electron chi connectivity index (χ1n) is 4.48. The SMILES string of the molecule is CCCN(C)S(=O)(=O)c1ccc(C#N)s1. The normalized spacial score (nSPS) is 11.6. The Bertz CT molecular complexity index is 471. The molecule has 1 aromatic heterocycles. The average molecular weight is 244 g/mol. The first-order valence-corrected chi connectivity index (χ1v) is 6.74. The van der Waals surface area contributed by atoms with Gasteiger partial charge in [-0.05, 0) is 18.6 Å². The Labute approximate surface area is 93.8 Å². The van der Waals surface area contributed by atoms with E-state index in [1.165, 1.54) is 16.4 Å². The Kier molecular flexibility index (Phi) is 3.85.